The van der Waals surface area contributed by atoms with Gasteiger partial charge in [-0.1, -0.05) is 18.2 Å². The molecule has 3 aliphatic rings. The summed E-state index contributed by atoms with van der Waals surface area (Å²) in [6.45, 7) is 2.55. The molecule has 6 rings (SSSR count). The molecule has 2 N–H and O–H groups in total. The van der Waals surface area contributed by atoms with Crippen LogP contribution in [0.15, 0.2) is 54.6 Å². The number of halogens is 2. The number of amides is 1. The lowest BCUT2D eigenvalue weighted by Crippen LogP contribution is -2.48. The van der Waals surface area contributed by atoms with Gasteiger partial charge in [0.1, 0.15) is 23.8 Å². The van der Waals surface area contributed by atoms with Crippen molar-refractivity contribution in [1.82, 2.24) is 10.6 Å². The molecule has 156 valence electrons. The SMILES string of the molecule is O=C(NCC1CNC1)c1ccc2c(c1)C1OC2c2ccc(-c3ccc(F)cc3F)cc21. The van der Waals surface area contributed by atoms with E-state index in [4.69, 9.17) is 4.74 Å². The van der Waals surface area contributed by atoms with Gasteiger partial charge in [0.25, 0.3) is 5.91 Å². The van der Waals surface area contributed by atoms with Gasteiger partial charge >= 0.3 is 0 Å². The first-order chi connectivity index (χ1) is 15.1. The molecule has 2 unspecified atom stereocenters. The van der Waals surface area contributed by atoms with Gasteiger partial charge in [-0.2, -0.15) is 0 Å². The largest absolute Gasteiger partial charge is 0.356 e. The molecule has 3 aromatic rings. The molecule has 31 heavy (non-hydrogen) atoms. The highest BCUT2D eigenvalue weighted by atomic mass is 19.1. The van der Waals surface area contributed by atoms with E-state index in [1.165, 1.54) is 12.1 Å². The van der Waals surface area contributed by atoms with Gasteiger partial charge < -0.3 is 15.4 Å². The average Bonchev–Trinajstić information content (AvgIpc) is 3.29. The molecule has 2 bridgehead atoms. The Balaban J connectivity index is 1.31. The Labute approximate surface area is 178 Å². The van der Waals surface area contributed by atoms with Crippen molar-refractivity contribution in [1.29, 1.82) is 0 Å². The van der Waals surface area contributed by atoms with E-state index in [9.17, 15) is 13.6 Å². The number of fused-ring (bicyclic) bond motifs is 8. The third-order valence-corrected chi connectivity index (χ3v) is 6.50. The lowest BCUT2D eigenvalue weighted by atomic mass is 9.83. The van der Waals surface area contributed by atoms with E-state index in [-0.39, 0.29) is 18.1 Å². The van der Waals surface area contributed by atoms with Crippen molar-refractivity contribution in [3.05, 3.63) is 94.0 Å². The van der Waals surface area contributed by atoms with Crippen molar-refractivity contribution in [2.75, 3.05) is 19.6 Å². The molecule has 6 heteroatoms. The molecular formula is C25H20F2N2O2. The number of carbonyl (C=O) groups excluding carboxylic acids is 1. The van der Waals surface area contributed by atoms with Crippen LogP contribution in [-0.4, -0.2) is 25.5 Å². The van der Waals surface area contributed by atoms with Gasteiger partial charge in [-0.25, -0.2) is 8.78 Å². The minimum absolute atomic E-state index is 0.0835. The van der Waals surface area contributed by atoms with E-state index in [0.29, 0.717) is 29.2 Å². The summed E-state index contributed by atoms with van der Waals surface area (Å²) in [7, 11) is 0. The van der Waals surface area contributed by atoms with Crippen LogP contribution in [0.25, 0.3) is 11.1 Å². The molecule has 4 nitrogen and oxygen atoms in total. The summed E-state index contributed by atoms with van der Waals surface area (Å²) in [5.41, 5.74) is 5.72. The number of hydrogen-bond donors (Lipinski definition) is 2. The van der Waals surface area contributed by atoms with Crippen molar-refractivity contribution in [3.63, 3.8) is 0 Å². The second-order valence-corrected chi connectivity index (χ2v) is 8.44. The van der Waals surface area contributed by atoms with Crippen molar-refractivity contribution < 1.29 is 18.3 Å². The van der Waals surface area contributed by atoms with Crippen molar-refractivity contribution in [2.45, 2.75) is 12.2 Å². The van der Waals surface area contributed by atoms with Gasteiger partial charge in [0.15, 0.2) is 0 Å². The van der Waals surface area contributed by atoms with E-state index in [1.54, 1.807) is 0 Å². The number of benzene rings is 3. The van der Waals surface area contributed by atoms with Crippen LogP contribution in [0.4, 0.5) is 8.78 Å². The zero-order valence-electron chi connectivity index (χ0n) is 16.6. The average molecular weight is 418 g/mol. The Hall–Kier alpha value is -3.09. The molecule has 3 heterocycles. The van der Waals surface area contributed by atoms with Gasteiger partial charge in [-0.05, 0) is 58.1 Å². The summed E-state index contributed by atoms with van der Waals surface area (Å²) < 4.78 is 33.8. The molecule has 1 fully saturated rings. The molecule has 1 amide bonds. The number of rotatable bonds is 4. The highest BCUT2D eigenvalue weighted by molar-refractivity contribution is 5.94. The van der Waals surface area contributed by atoms with E-state index in [1.807, 2.05) is 36.4 Å². The third-order valence-electron chi connectivity index (χ3n) is 6.50. The smallest absolute Gasteiger partial charge is 0.251 e. The Morgan fingerprint density at radius 3 is 2.42 bits per heavy atom. The van der Waals surface area contributed by atoms with Crippen LogP contribution in [0.2, 0.25) is 0 Å². The first-order valence-electron chi connectivity index (χ1n) is 10.5. The lowest BCUT2D eigenvalue weighted by Gasteiger charge is -2.27. The fraction of sp³-hybridized carbons (Fsp3) is 0.240. The predicted molar refractivity (Wildman–Crippen MR) is 112 cm³/mol. The predicted octanol–water partition coefficient (Wildman–Crippen LogP) is 4.10. The zero-order chi connectivity index (χ0) is 21.1. The van der Waals surface area contributed by atoms with E-state index >= 15 is 0 Å². The maximum Gasteiger partial charge on any atom is 0.251 e. The summed E-state index contributed by atoms with van der Waals surface area (Å²) in [6, 6.07) is 15.0. The van der Waals surface area contributed by atoms with Crippen LogP contribution >= 0.6 is 0 Å². The minimum atomic E-state index is -0.599. The minimum Gasteiger partial charge on any atom is -0.356 e. The number of ether oxygens (including phenoxy) is 1. The first kappa shape index (κ1) is 18.7. The molecule has 0 radical (unpaired) electrons. The quantitative estimate of drug-likeness (QED) is 0.671. The third kappa shape index (κ3) is 2.98. The van der Waals surface area contributed by atoms with Gasteiger partial charge in [-0.15, -0.1) is 0 Å². The molecule has 0 aromatic heterocycles. The fourth-order valence-corrected chi connectivity index (χ4v) is 4.71. The molecule has 0 saturated carbocycles. The summed E-state index contributed by atoms with van der Waals surface area (Å²) in [5, 5.41) is 6.20. The van der Waals surface area contributed by atoms with Crippen LogP contribution in [0.3, 0.4) is 0 Å². The van der Waals surface area contributed by atoms with Gasteiger partial charge in [0.05, 0.1) is 0 Å². The Bertz CT molecular complexity index is 1220. The van der Waals surface area contributed by atoms with E-state index in [0.717, 1.165) is 41.4 Å². The lowest BCUT2D eigenvalue weighted by molar-refractivity contribution is 0.0857. The highest BCUT2D eigenvalue weighted by Crippen LogP contribution is 2.54. The normalized spacial score (nSPS) is 20.8. The molecular weight excluding hydrogens is 398 g/mol. The van der Waals surface area contributed by atoms with Crippen molar-refractivity contribution in [3.8, 4) is 11.1 Å². The van der Waals surface area contributed by atoms with Gasteiger partial charge in [-0.3, -0.25) is 4.79 Å². The summed E-state index contributed by atoms with van der Waals surface area (Å²) >= 11 is 0. The van der Waals surface area contributed by atoms with Gasteiger partial charge in [0, 0.05) is 42.7 Å². The van der Waals surface area contributed by atoms with Crippen molar-refractivity contribution in [2.24, 2.45) is 5.92 Å². The second-order valence-electron chi connectivity index (χ2n) is 8.44. The zero-order valence-corrected chi connectivity index (χ0v) is 16.6. The summed E-state index contributed by atoms with van der Waals surface area (Å²) in [6.07, 6.45) is -0.470. The Morgan fingerprint density at radius 2 is 1.68 bits per heavy atom. The highest BCUT2D eigenvalue weighted by Gasteiger charge is 2.43. The van der Waals surface area contributed by atoms with Crippen molar-refractivity contribution >= 4 is 5.91 Å². The topological polar surface area (TPSA) is 50.4 Å². The monoisotopic (exact) mass is 418 g/mol. The van der Waals surface area contributed by atoms with Crippen LogP contribution in [0, 0.1) is 17.6 Å². The second kappa shape index (κ2) is 6.97. The summed E-state index contributed by atoms with van der Waals surface area (Å²) in [4.78, 5) is 12.6. The number of carbonyl (C=O) groups is 1. The van der Waals surface area contributed by atoms with Crippen LogP contribution in [0.1, 0.15) is 44.8 Å². The molecule has 0 aliphatic carbocycles. The Kier molecular flexibility index (Phi) is 4.20. The summed E-state index contributed by atoms with van der Waals surface area (Å²) in [5.74, 6) is -0.780. The van der Waals surface area contributed by atoms with Gasteiger partial charge in [0.2, 0.25) is 0 Å². The standard InChI is InChI=1S/C25H20F2N2O2/c26-16-3-6-17(22(27)9-16)14-1-4-18-20(7-14)24-21-8-15(2-5-19(21)23(18)31-24)25(30)29-12-13-10-28-11-13/h1-9,13,23-24,28H,10-12H2,(H,29,30). The van der Waals surface area contributed by atoms with Crippen LogP contribution in [0.5, 0.6) is 0 Å². The maximum atomic E-state index is 14.3. The first-order valence-corrected chi connectivity index (χ1v) is 10.5. The molecule has 3 aliphatic heterocycles. The van der Waals surface area contributed by atoms with Crippen LogP contribution in [-0.2, 0) is 4.74 Å². The van der Waals surface area contributed by atoms with Crippen LogP contribution < -0.4 is 10.6 Å². The molecule has 1 saturated heterocycles. The Morgan fingerprint density at radius 1 is 0.935 bits per heavy atom. The van der Waals surface area contributed by atoms with E-state index in [2.05, 4.69) is 10.6 Å². The molecule has 0 spiro atoms. The molecule has 3 aromatic carbocycles. The van der Waals surface area contributed by atoms with E-state index < -0.39 is 11.6 Å². The molecule has 2 atom stereocenters. The number of hydrogen-bond acceptors (Lipinski definition) is 3. The number of nitrogens with one attached hydrogen (secondary N) is 2. The fourth-order valence-electron chi connectivity index (χ4n) is 4.71. The maximum absolute atomic E-state index is 14.3.